The number of aryl methyl sites for hydroxylation is 1. The Bertz CT molecular complexity index is 334. The number of carbonyl (C=O) groups is 1. The van der Waals surface area contributed by atoms with Crippen molar-refractivity contribution in [1.82, 2.24) is 0 Å². The molecule has 0 saturated heterocycles. The summed E-state index contributed by atoms with van der Waals surface area (Å²) in [6.07, 6.45) is 0.244. The average molecular weight is 213 g/mol. The Balaban J connectivity index is 2.75. The van der Waals surface area contributed by atoms with Crippen molar-refractivity contribution in [2.75, 3.05) is 6.61 Å². The number of hydrogen-bond acceptors (Lipinski definition) is 2. The monoisotopic (exact) mass is 212 g/mol. The maximum atomic E-state index is 11.2. The molecule has 0 N–H and O–H groups in total. The Hall–Kier alpha value is -1.02. The molecule has 0 aliphatic heterocycles. The van der Waals surface area contributed by atoms with E-state index < -0.39 is 0 Å². The van der Waals surface area contributed by atoms with Crippen molar-refractivity contribution in [2.45, 2.75) is 20.3 Å². The van der Waals surface area contributed by atoms with E-state index in [9.17, 15) is 4.79 Å². The summed E-state index contributed by atoms with van der Waals surface area (Å²) in [4.78, 5) is 11.2. The summed E-state index contributed by atoms with van der Waals surface area (Å²) in [6, 6.07) is 5.61. The lowest BCUT2D eigenvalue weighted by Crippen LogP contribution is -2.07. The van der Waals surface area contributed by atoms with Gasteiger partial charge in [-0.25, -0.2) is 0 Å². The quantitative estimate of drug-likeness (QED) is 0.721. The predicted octanol–water partition coefficient (Wildman–Crippen LogP) is 2.75. The molecule has 3 heteroatoms. The van der Waals surface area contributed by atoms with Crippen LogP contribution in [0.3, 0.4) is 0 Å². The summed E-state index contributed by atoms with van der Waals surface area (Å²) in [5.41, 5.74) is 1.92. The molecule has 0 atom stereocenters. The smallest absolute Gasteiger partial charge is 0.310 e. The molecule has 0 aliphatic carbocycles. The van der Waals surface area contributed by atoms with Crippen LogP contribution in [0.1, 0.15) is 18.1 Å². The minimum Gasteiger partial charge on any atom is -0.466 e. The molecule has 0 aromatic heterocycles. The van der Waals surface area contributed by atoms with Crippen LogP contribution in [0.5, 0.6) is 0 Å². The highest BCUT2D eigenvalue weighted by Crippen LogP contribution is 2.18. The number of halogens is 1. The molecule has 1 aromatic carbocycles. The topological polar surface area (TPSA) is 26.3 Å². The van der Waals surface area contributed by atoms with Crippen LogP contribution in [-0.2, 0) is 16.0 Å². The molecule has 1 rings (SSSR count). The Morgan fingerprint density at radius 3 is 2.86 bits per heavy atom. The fraction of sp³-hybridized carbons (Fsp3) is 0.364. The number of hydrogen-bond donors (Lipinski definition) is 0. The van der Waals surface area contributed by atoms with Gasteiger partial charge in [-0.2, -0.15) is 0 Å². The Morgan fingerprint density at radius 2 is 2.21 bits per heavy atom. The molecular formula is C11H13ClO2. The van der Waals surface area contributed by atoms with Gasteiger partial charge < -0.3 is 4.74 Å². The van der Waals surface area contributed by atoms with Crippen LogP contribution in [-0.4, -0.2) is 12.6 Å². The van der Waals surface area contributed by atoms with E-state index in [1.165, 1.54) is 0 Å². The minimum atomic E-state index is -0.236. The van der Waals surface area contributed by atoms with Gasteiger partial charge in [0.05, 0.1) is 13.0 Å². The van der Waals surface area contributed by atoms with Crippen LogP contribution in [0.25, 0.3) is 0 Å². The lowest BCUT2D eigenvalue weighted by atomic mass is 10.1. The molecule has 0 fully saturated rings. The Morgan fingerprint density at radius 1 is 1.50 bits per heavy atom. The van der Waals surface area contributed by atoms with Crippen molar-refractivity contribution >= 4 is 17.6 Å². The number of rotatable bonds is 3. The SMILES string of the molecule is CCOC(=O)Cc1cc(C)ccc1Cl. The molecule has 0 radical (unpaired) electrons. The van der Waals surface area contributed by atoms with E-state index in [4.69, 9.17) is 16.3 Å². The van der Waals surface area contributed by atoms with Crippen LogP contribution < -0.4 is 0 Å². The van der Waals surface area contributed by atoms with Crippen LogP contribution in [0.4, 0.5) is 0 Å². The molecular weight excluding hydrogens is 200 g/mol. The molecule has 0 saturated carbocycles. The summed E-state index contributed by atoms with van der Waals surface area (Å²) in [5.74, 6) is -0.236. The second kappa shape index (κ2) is 5.01. The van der Waals surface area contributed by atoms with Crippen molar-refractivity contribution in [3.05, 3.63) is 34.3 Å². The van der Waals surface area contributed by atoms with E-state index in [0.717, 1.165) is 11.1 Å². The minimum absolute atomic E-state index is 0.236. The van der Waals surface area contributed by atoms with Gasteiger partial charge in [-0.05, 0) is 25.5 Å². The first-order valence-electron chi connectivity index (χ1n) is 4.54. The van der Waals surface area contributed by atoms with Gasteiger partial charge in [-0.15, -0.1) is 0 Å². The maximum absolute atomic E-state index is 11.2. The number of ether oxygens (including phenoxy) is 1. The van der Waals surface area contributed by atoms with Crippen molar-refractivity contribution in [3.8, 4) is 0 Å². The van der Waals surface area contributed by atoms with Gasteiger partial charge in [0, 0.05) is 5.02 Å². The van der Waals surface area contributed by atoms with Gasteiger partial charge in [0.25, 0.3) is 0 Å². The van der Waals surface area contributed by atoms with Gasteiger partial charge in [-0.3, -0.25) is 4.79 Å². The normalized spacial score (nSPS) is 9.93. The molecule has 0 aliphatic rings. The van der Waals surface area contributed by atoms with Crippen LogP contribution >= 0.6 is 11.6 Å². The third-order valence-electron chi connectivity index (χ3n) is 1.84. The van der Waals surface area contributed by atoms with E-state index >= 15 is 0 Å². The second-order valence-corrected chi connectivity index (χ2v) is 3.48. The second-order valence-electron chi connectivity index (χ2n) is 3.08. The highest BCUT2D eigenvalue weighted by molar-refractivity contribution is 6.31. The zero-order chi connectivity index (χ0) is 10.6. The summed E-state index contributed by atoms with van der Waals surface area (Å²) >= 11 is 5.93. The number of esters is 1. The lowest BCUT2D eigenvalue weighted by Gasteiger charge is -2.05. The van der Waals surface area contributed by atoms with Crippen LogP contribution in [0, 0.1) is 6.92 Å². The fourth-order valence-electron chi connectivity index (χ4n) is 1.21. The van der Waals surface area contributed by atoms with E-state index in [1.807, 2.05) is 19.1 Å². The summed E-state index contributed by atoms with van der Waals surface area (Å²) in [6.45, 7) is 4.16. The highest BCUT2D eigenvalue weighted by atomic mass is 35.5. The Kier molecular flexibility index (Phi) is 3.96. The molecule has 0 spiro atoms. The molecule has 0 unspecified atom stereocenters. The molecule has 0 bridgehead atoms. The van der Waals surface area contributed by atoms with Crippen LogP contribution in [0.15, 0.2) is 18.2 Å². The van der Waals surface area contributed by atoms with E-state index in [-0.39, 0.29) is 12.4 Å². The van der Waals surface area contributed by atoms with Gasteiger partial charge >= 0.3 is 5.97 Å². The molecule has 76 valence electrons. The Labute approximate surface area is 88.8 Å². The van der Waals surface area contributed by atoms with Crippen molar-refractivity contribution in [3.63, 3.8) is 0 Å². The zero-order valence-corrected chi connectivity index (χ0v) is 9.10. The van der Waals surface area contributed by atoms with Crippen LogP contribution in [0.2, 0.25) is 5.02 Å². The fourth-order valence-corrected chi connectivity index (χ4v) is 1.39. The molecule has 0 amide bonds. The first-order chi connectivity index (χ1) is 6.63. The molecule has 2 nitrogen and oxygen atoms in total. The molecule has 0 heterocycles. The lowest BCUT2D eigenvalue weighted by molar-refractivity contribution is -0.142. The van der Waals surface area contributed by atoms with Gasteiger partial charge in [0.1, 0.15) is 0 Å². The van der Waals surface area contributed by atoms with Crippen molar-refractivity contribution in [1.29, 1.82) is 0 Å². The van der Waals surface area contributed by atoms with Crippen molar-refractivity contribution in [2.24, 2.45) is 0 Å². The van der Waals surface area contributed by atoms with Crippen molar-refractivity contribution < 1.29 is 9.53 Å². The largest absolute Gasteiger partial charge is 0.466 e. The third kappa shape index (κ3) is 3.04. The van der Waals surface area contributed by atoms with Gasteiger partial charge in [-0.1, -0.05) is 29.3 Å². The summed E-state index contributed by atoms with van der Waals surface area (Å²) in [5, 5.41) is 0.614. The highest BCUT2D eigenvalue weighted by Gasteiger charge is 2.07. The molecule has 14 heavy (non-hydrogen) atoms. The molecule has 1 aromatic rings. The number of benzene rings is 1. The van der Waals surface area contributed by atoms with E-state index in [1.54, 1.807) is 13.0 Å². The summed E-state index contributed by atoms with van der Waals surface area (Å²) in [7, 11) is 0. The standard InChI is InChI=1S/C11H13ClO2/c1-3-14-11(13)7-9-6-8(2)4-5-10(9)12/h4-6H,3,7H2,1-2H3. The zero-order valence-electron chi connectivity index (χ0n) is 8.34. The average Bonchev–Trinajstić information content (AvgIpc) is 2.12. The first-order valence-corrected chi connectivity index (χ1v) is 4.92. The predicted molar refractivity (Wildman–Crippen MR) is 56.5 cm³/mol. The number of carbonyl (C=O) groups excluding carboxylic acids is 1. The summed E-state index contributed by atoms with van der Waals surface area (Å²) < 4.78 is 4.84. The maximum Gasteiger partial charge on any atom is 0.310 e. The van der Waals surface area contributed by atoms with E-state index in [0.29, 0.717) is 11.6 Å². The first kappa shape index (κ1) is 11.1. The third-order valence-corrected chi connectivity index (χ3v) is 2.21. The van der Waals surface area contributed by atoms with Gasteiger partial charge in [0.15, 0.2) is 0 Å². The van der Waals surface area contributed by atoms with E-state index in [2.05, 4.69) is 0 Å². The van der Waals surface area contributed by atoms with Gasteiger partial charge in [0.2, 0.25) is 0 Å².